The third kappa shape index (κ3) is 3.04. The van der Waals surface area contributed by atoms with Gasteiger partial charge >= 0.3 is 0 Å². The fourth-order valence-corrected chi connectivity index (χ4v) is 2.04. The Morgan fingerprint density at radius 1 is 1.53 bits per heavy atom. The van der Waals surface area contributed by atoms with Crippen molar-refractivity contribution in [3.63, 3.8) is 0 Å². The number of benzene rings is 1. The Balaban J connectivity index is 2.07. The predicted octanol–water partition coefficient (Wildman–Crippen LogP) is 2.50. The molecule has 0 saturated heterocycles. The van der Waals surface area contributed by atoms with Crippen molar-refractivity contribution in [2.24, 2.45) is 0 Å². The molecule has 1 N–H and O–H groups in total. The zero-order chi connectivity index (χ0) is 12.3. The highest BCUT2D eigenvalue weighted by atomic mass is 32.1. The number of rotatable bonds is 3. The molecule has 0 radical (unpaired) electrons. The summed E-state index contributed by atoms with van der Waals surface area (Å²) in [5.41, 5.74) is -0.00550. The molecule has 88 valence electrons. The standard InChI is InChI=1S/C11H9FN2OS2/c12-9-2-1-7(16)5-8(9)11(15)14-6-10-13-3-4-17-10/h1-5,16H,6H2,(H,14,15). The number of amides is 1. The summed E-state index contributed by atoms with van der Waals surface area (Å²) < 4.78 is 13.4. The van der Waals surface area contributed by atoms with E-state index in [1.807, 2.05) is 5.38 Å². The number of nitrogens with one attached hydrogen (secondary N) is 1. The van der Waals surface area contributed by atoms with Crippen LogP contribution in [0.15, 0.2) is 34.7 Å². The molecule has 1 aromatic heterocycles. The Bertz CT molecular complexity index is 528. The van der Waals surface area contributed by atoms with Crippen molar-refractivity contribution in [1.29, 1.82) is 0 Å². The summed E-state index contributed by atoms with van der Waals surface area (Å²) in [6.07, 6.45) is 1.65. The minimum absolute atomic E-state index is 0.00550. The number of nitrogens with zero attached hydrogens (tertiary/aromatic N) is 1. The predicted molar refractivity (Wildman–Crippen MR) is 66.9 cm³/mol. The van der Waals surface area contributed by atoms with Gasteiger partial charge in [-0.25, -0.2) is 9.37 Å². The molecule has 0 saturated carbocycles. The van der Waals surface area contributed by atoms with Gasteiger partial charge in [0.1, 0.15) is 10.8 Å². The van der Waals surface area contributed by atoms with Crippen molar-refractivity contribution in [3.8, 4) is 0 Å². The van der Waals surface area contributed by atoms with Crippen LogP contribution < -0.4 is 5.32 Å². The summed E-state index contributed by atoms with van der Waals surface area (Å²) in [6.45, 7) is 0.298. The number of halogens is 1. The van der Waals surface area contributed by atoms with Crippen LogP contribution in [0.25, 0.3) is 0 Å². The normalized spacial score (nSPS) is 10.2. The van der Waals surface area contributed by atoms with Crippen LogP contribution in [-0.2, 0) is 6.54 Å². The molecule has 17 heavy (non-hydrogen) atoms. The van der Waals surface area contributed by atoms with E-state index in [1.165, 1.54) is 29.5 Å². The number of hydrogen-bond acceptors (Lipinski definition) is 4. The Hall–Kier alpha value is -1.40. The molecule has 2 aromatic rings. The van der Waals surface area contributed by atoms with Crippen LogP contribution in [0.3, 0.4) is 0 Å². The highest BCUT2D eigenvalue weighted by molar-refractivity contribution is 7.80. The van der Waals surface area contributed by atoms with Crippen LogP contribution >= 0.6 is 24.0 Å². The van der Waals surface area contributed by atoms with Crippen molar-refractivity contribution in [3.05, 3.63) is 46.2 Å². The third-order valence-corrected chi connectivity index (χ3v) is 3.14. The highest BCUT2D eigenvalue weighted by Gasteiger charge is 2.11. The van der Waals surface area contributed by atoms with Gasteiger partial charge in [0.2, 0.25) is 0 Å². The molecule has 1 amide bonds. The Morgan fingerprint density at radius 2 is 2.35 bits per heavy atom. The van der Waals surface area contributed by atoms with E-state index < -0.39 is 11.7 Å². The monoisotopic (exact) mass is 268 g/mol. The van der Waals surface area contributed by atoms with Crippen LogP contribution in [0.4, 0.5) is 4.39 Å². The van der Waals surface area contributed by atoms with Gasteiger partial charge < -0.3 is 5.32 Å². The lowest BCUT2D eigenvalue weighted by molar-refractivity contribution is 0.0946. The minimum Gasteiger partial charge on any atom is -0.345 e. The van der Waals surface area contributed by atoms with Gasteiger partial charge in [0.15, 0.2) is 0 Å². The van der Waals surface area contributed by atoms with Crippen molar-refractivity contribution >= 4 is 29.9 Å². The third-order valence-electron chi connectivity index (χ3n) is 2.08. The fraction of sp³-hybridized carbons (Fsp3) is 0.0909. The van der Waals surface area contributed by atoms with Crippen molar-refractivity contribution in [2.75, 3.05) is 0 Å². The van der Waals surface area contributed by atoms with Crippen LogP contribution in [-0.4, -0.2) is 10.9 Å². The van der Waals surface area contributed by atoms with Gasteiger partial charge in [-0.05, 0) is 18.2 Å². The summed E-state index contributed by atoms with van der Waals surface area (Å²) >= 11 is 5.50. The zero-order valence-electron chi connectivity index (χ0n) is 8.68. The van der Waals surface area contributed by atoms with E-state index in [2.05, 4.69) is 22.9 Å². The fourth-order valence-electron chi connectivity index (χ4n) is 1.28. The lowest BCUT2D eigenvalue weighted by Gasteiger charge is -2.05. The summed E-state index contributed by atoms with van der Waals surface area (Å²) in [4.78, 5) is 16.3. The summed E-state index contributed by atoms with van der Waals surface area (Å²) in [5.74, 6) is -1.02. The van der Waals surface area contributed by atoms with Gasteiger partial charge in [0.05, 0.1) is 12.1 Å². The molecule has 3 nitrogen and oxygen atoms in total. The van der Waals surface area contributed by atoms with E-state index in [0.717, 1.165) is 5.01 Å². The van der Waals surface area contributed by atoms with E-state index in [9.17, 15) is 9.18 Å². The molecule has 0 bridgehead atoms. The van der Waals surface area contributed by atoms with Crippen molar-refractivity contribution < 1.29 is 9.18 Å². The number of hydrogen-bond donors (Lipinski definition) is 2. The second-order valence-electron chi connectivity index (χ2n) is 3.27. The first kappa shape index (κ1) is 12.1. The van der Waals surface area contributed by atoms with Crippen LogP contribution in [0.2, 0.25) is 0 Å². The Labute approximate surface area is 107 Å². The topological polar surface area (TPSA) is 42.0 Å². The van der Waals surface area contributed by atoms with E-state index in [0.29, 0.717) is 11.4 Å². The molecule has 0 spiro atoms. The molecule has 0 aliphatic heterocycles. The second kappa shape index (κ2) is 5.29. The van der Waals surface area contributed by atoms with Gasteiger partial charge in [0, 0.05) is 16.5 Å². The first-order valence-corrected chi connectivity index (χ1v) is 6.14. The average molecular weight is 268 g/mol. The maximum absolute atomic E-state index is 13.4. The molecule has 0 atom stereocenters. The van der Waals surface area contributed by atoms with Crippen LogP contribution in [0.1, 0.15) is 15.4 Å². The highest BCUT2D eigenvalue weighted by Crippen LogP contribution is 2.13. The number of aromatic nitrogens is 1. The molecular weight excluding hydrogens is 259 g/mol. The van der Waals surface area contributed by atoms with Gasteiger partial charge in [-0.3, -0.25) is 4.79 Å². The number of carbonyl (C=O) groups excluding carboxylic acids is 1. The number of thiol groups is 1. The van der Waals surface area contributed by atoms with Gasteiger partial charge in [-0.15, -0.1) is 24.0 Å². The van der Waals surface area contributed by atoms with Crippen molar-refractivity contribution in [1.82, 2.24) is 10.3 Å². The van der Waals surface area contributed by atoms with E-state index >= 15 is 0 Å². The molecule has 2 rings (SSSR count). The molecule has 0 fully saturated rings. The van der Waals surface area contributed by atoms with Gasteiger partial charge in [-0.1, -0.05) is 0 Å². The lowest BCUT2D eigenvalue weighted by Crippen LogP contribution is -2.23. The molecule has 0 aliphatic rings. The Kier molecular flexibility index (Phi) is 3.75. The number of thiazole rings is 1. The summed E-state index contributed by atoms with van der Waals surface area (Å²) in [6, 6.07) is 4.12. The summed E-state index contributed by atoms with van der Waals surface area (Å²) in [7, 11) is 0. The molecule has 1 aromatic carbocycles. The molecule has 1 heterocycles. The van der Waals surface area contributed by atoms with E-state index in [-0.39, 0.29) is 5.56 Å². The first-order chi connectivity index (χ1) is 8.16. The quantitative estimate of drug-likeness (QED) is 0.840. The smallest absolute Gasteiger partial charge is 0.254 e. The maximum atomic E-state index is 13.4. The van der Waals surface area contributed by atoms with Gasteiger partial charge in [-0.2, -0.15) is 0 Å². The molecule has 0 unspecified atom stereocenters. The van der Waals surface area contributed by atoms with Gasteiger partial charge in [0.25, 0.3) is 5.91 Å². The number of carbonyl (C=O) groups is 1. The lowest BCUT2D eigenvalue weighted by atomic mass is 10.2. The molecule has 0 aliphatic carbocycles. The van der Waals surface area contributed by atoms with Crippen molar-refractivity contribution in [2.45, 2.75) is 11.4 Å². The second-order valence-corrected chi connectivity index (χ2v) is 4.77. The largest absolute Gasteiger partial charge is 0.345 e. The molecule has 6 heteroatoms. The van der Waals surface area contributed by atoms with E-state index in [4.69, 9.17) is 0 Å². The SMILES string of the molecule is O=C(NCc1nccs1)c1cc(S)ccc1F. The minimum atomic E-state index is -0.556. The first-order valence-electron chi connectivity index (χ1n) is 4.82. The zero-order valence-corrected chi connectivity index (χ0v) is 10.4. The van der Waals surface area contributed by atoms with Crippen LogP contribution in [0, 0.1) is 5.82 Å². The Morgan fingerprint density at radius 3 is 3.06 bits per heavy atom. The molecular formula is C11H9FN2OS2. The summed E-state index contributed by atoms with van der Waals surface area (Å²) in [5, 5.41) is 5.20. The maximum Gasteiger partial charge on any atom is 0.254 e. The van der Waals surface area contributed by atoms with Crippen LogP contribution in [0.5, 0.6) is 0 Å². The average Bonchev–Trinajstić information content (AvgIpc) is 2.82. The van der Waals surface area contributed by atoms with E-state index in [1.54, 1.807) is 6.20 Å².